The first-order valence-electron chi connectivity index (χ1n) is 7.94. The summed E-state index contributed by atoms with van der Waals surface area (Å²) in [6, 6.07) is 18.5. The largest absolute Gasteiger partial charge is 0.299 e. The van der Waals surface area contributed by atoms with Gasteiger partial charge in [-0.2, -0.15) is 9.78 Å². The lowest BCUT2D eigenvalue weighted by Gasteiger charge is -2.09. The zero-order chi connectivity index (χ0) is 17.8. The number of rotatable bonds is 5. The van der Waals surface area contributed by atoms with Crippen LogP contribution in [0.3, 0.4) is 0 Å². The zero-order valence-electron chi connectivity index (χ0n) is 13.8. The van der Waals surface area contributed by atoms with Gasteiger partial charge in [0.05, 0.1) is 11.4 Å². The van der Waals surface area contributed by atoms with Gasteiger partial charge in [-0.15, -0.1) is 0 Å². The molecule has 0 bridgehead atoms. The maximum Gasteiger partial charge on any atom is 0.275 e. The maximum atomic E-state index is 12.7. The van der Waals surface area contributed by atoms with E-state index in [-0.39, 0.29) is 17.8 Å². The van der Waals surface area contributed by atoms with E-state index in [1.165, 1.54) is 4.68 Å². The Balaban J connectivity index is 1.85. The van der Waals surface area contributed by atoms with Gasteiger partial charge in [0.15, 0.2) is 0 Å². The summed E-state index contributed by atoms with van der Waals surface area (Å²) in [5.74, 6) is 0.00429. The first-order valence-corrected chi connectivity index (χ1v) is 8.73. The number of benzene rings is 2. The van der Waals surface area contributed by atoms with Gasteiger partial charge in [-0.25, -0.2) is 0 Å². The highest BCUT2D eigenvalue weighted by molar-refractivity contribution is 9.10. The second-order valence-electron chi connectivity index (χ2n) is 5.88. The first kappa shape index (κ1) is 17.3. The standard InChI is InChI=1S/C20H17BrN2O2/c1-14-11-16(13-19(24)12-15-7-9-17(21)10-8-15)20(25)23(22-14)18-5-3-2-4-6-18/h2-11H,12-13H2,1H3. The van der Waals surface area contributed by atoms with E-state index in [0.717, 1.165) is 10.0 Å². The van der Waals surface area contributed by atoms with Crippen LogP contribution in [-0.2, 0) is 17.6 Å². The van der Waals surface area contributed by atoms with Crippen LogP contribution in [-0.4, -0.2) is 15.6 Å². The third-order valence-electron chi connectivity index (χ3n) is 3.81. The predicted octanol–water partition coefficient (Wildman–Crippen LogP) is 3.66. The molecular formula is C20H17BrN2O2. The summed E-state index contributed by atoms with van der Waals surface area (Å²) >= 11 is 3.38. The number of ketones is 1. The Hall–Kier alpha value is -2.53. The van der Waals surface area contributed by atoms with Crippen LogP contribution in [0.4, 0.5) is 0 Å². The number of carbonyl (C=O) groups is 1. The molecule has 3 rings (SSSR count). The van der Waals surface area contributed by atoms with Gasteiger partial charge in [0.25, 0.3) is 5.56 Å². The van der Waals surface area contributed by atoms with Gasteiger partial charge in [-0.3, -0.25) is 9.59 Å². The van der Waals surface area contributed by atoms with Crippen molar-refractivity contribution in [3.05, 3.63) is 92.3 Å². The lowest BCUT2D eigenvalue weighted by Crippen LogP contribution is -2.27. The van der Waals surface area contributed by atoms with Gasteiger partial charge in [0.2, 0.25) is 0 Å². The van der Waals surface area contributed by atoms with Gasteiger partial charge >= 0.3 is 0 Å². The van der Waals surface area contributed by atoms with Crippen LogP contribution in [0.2, 0.25) is 0 Å². The summed E-state index contributed by atoms with van der Waals surface area (Å²) in [6.45, 7) is 1.82. The van der Waals surface area contributed by atoms with E-state index in [2.05, 4.69) is 21.0 Å². The molecular weight excluding hydrogens is 380 g/mol. The molecule has 126 valence electrons. The van der Waals surface area contributed by atoms with E-state index in [4.69, 9.17) is 0 Å². The van der Waals surface area contributed by atoms with Crippen molar-refractivity contribution in [2.45, 2.75) is 19.8 Å². The molecule has 0 aliphatic heterocycles. The number of aryl methyl sites for hydroxylation is 1. The Morgan fingerprint density at radius 2 is 1.72 bits per heavy atom. The molecule has 3 aromatic rings. The van der Waals surface area contributed by atoms with Crippen molar-refractivity contribution in [1.29, 1.82) is 0 Å². The van der Waals surface area contributed by atoms with E-state index in [1.807, 2.05) is 61.5 Å². The van der Waals surface area contributed by atoms with E-state index in [0.29, 0.717) is 23.4 Å². The molecule has 0 saturated heterocycles. The highest BCUT2D eigenvalue weighted by atomic mass is 79.9. The van der Waals surface area contributed by atoms with Crippen LogP contribution in [0.15, 0.2) is 69.9 Å². The van der Waals surface area contributed by atoms with Gasteiger partial charge in [-0.1, -0.05) is 46.3 Å². The van der Waals surface area contributed by atoms with Gasteiger partial charge < -0.3 is 0 Å². The fraction of sp³-hybridized carbons (Fsp3) is 0.150. The number of nitrogens with zero attached hydrogens (tertiary/aromatic N) is 2. The Morgan fingerprint density at radius 3 is 2.40 bits per heavy atom. The Kier molecular flexibility index (Phi) is 5.24. The first-order chi connectivity index (χ1) is 12.0. The van der Waals surface area contributed by atoms with Crippen molar-refractivity contribution >= 4 is 21.7 Å². The van der Waals surface area contributed by atoms with Crippen molar-refractivity contribution in [3.63, 3.8) is 0 Å². The molecule has 25 heavy (non-hydrogen) atoms. The highest BCUT2D eigenvalue weighted by Crippen LogP contribution is 2.12. The molecule has 4 nitrogen and oxygen atoms in total. The van der Waals surface area contributed by atoms with Crippen LogP contribution < -0.4 is 5.56 Å². The maximum absolute atomic E-state index is 12.7. The Labute approximate surface area is 154 Å². The third-order valence-corrected chi connectivity index (χ3v) is 4.34. The third kappa shape index (κ3) is 4.31. The van der Waals surface area contributed by atoms with Crippen LogP contribution in [0.5, 0.6) is 0 Å². The van der Waals surface area contributed by atoms with Crippen LogP contribution in [0.25, 0.3) is 5.69 Å². The Morgan fingerprint density at radius 1 is 1.04 bits per heavy atom. The lowest BCUT2D eigenvalue weighted by molar-refractivity contribution is -0.117. The van der Waals surface area contributed by atoms with Crippen molar-refractivity contribution in [1.82, 2.24) is 9.78 Å². The van der Waals surface area contributed by atoms with E-state index in [9.17, 15) is 9.59 Å². The second kappa shape index (κ2) is 7.57. The molecule has 0 saturated carbocycles. The molecule has 0 aliphatic carbocycles. The minimum absolute atomic E-state index is 0.00429. The van der Waals surface area contributed by atoms with E-state index < -0.39 is 0 Å². The molecule has 0 aliphatic rings. The molecule has 2 aromatic carbocycles. The fourth-order valence-corrected chi connectivity index (χ4v) is 2.92. The minimum atomic E-state index is -0.249. The van der Waals surface area contributed by atoms with Crippen LogP contribution in [0, 0.1) is 6.92 Å². The summed E-state index contributed by atoms with van der Waals surface area (Å²) in [5, 5.41) is 4.29. The van der Waals surface area contributed by atoms with Crippen molar-refractivity contribution in [3.8, 4) is 5.69 Å². The monoisotopic (exact) mass is 396 g/mol. The number of para-hydroxylation sites is 1. The molecule has 0 radical (unpaired) electrons. The van der Waals surface area contributed by atoms with Gasteiger partial charge in [0, 0.05) is 22.9 Å². The number of hydrogen-bond acceptors (Lipinski definition) is 3. The highest BCUT2D eigenvalue weighted by Gasteiger charge is 2.13. The number of Topliss-reactive ketones (excluding diaryl/α,β-unsaturated/α-hetero) is 1. The van der Waals surface area contributed by atoms with Crippen LogP contribution in [0.1, 0.15) is 16.8 Å². The number of hydrogen-bond donors (Lipinski definition) is 0. The quantitative estimate of drug-likeness (QED) is 0.661. The summed E-state index contributed by atoms with van der Waals surface area (Å²) in [7, 11) is 0. The molecule has 0 spiro atoms. The molecule has 0 N–H and O–H groups in total. The summed E-state index contributed by atoms with van der Waals surface area (Å²) in [5.41, 5.74) is 2.55. The van der Waals surface area contributed by atoms with Crippen LogP contribution >= 0.6 is 15.9 Å². The molecule has 0 unspecified atom stereocenters. The average molecular weight is 397 g/mol. The molecule has 5 heteroatoms. The van der Waals surface area contributed by atoms with Gasteiger partial charge in [-0.05, 0) is 42.8 Å². The molecule has 0 atom stereocenters. The van der Waals surface area contributed by atoms with Crippen molar-refractivity contribution in [2.75, 3.05) is 0 Å². The fourth-order valence-electron chi connectivity index (χ4n) is 2.66. The zero-order valence-corrected chi connectivity index (χ0v) is 15.4. The summed E-state index contributed by atoms with van der Waals surface area (Å²) in [4.78, 5) is 25.1. The Bertz CT molecular complexity index is 948. The van der Waals surface area contributed by atoms with Crippen molar-refractivity contribution in [2.24, 2.45) is 0 Å². The summed E-state index contributed by atoms with van der Waals surface area (Å²) in [6.07, 6.45) is 0.407. The number of aromatic nitrogens is 2. The average Bonchev–Trinajstić information content (AvgIpc) is 2.60. The minimum Gasteiger partial charge on any atom is -0.299 e. The lowest BCUT2D eigenvalue weighted by atomic mass is 10.0. The number of halogens is 1. The van der Waals surface area contributed by atoms with Crippen molar-refractivity contribution < 1.29 is 4.79 Å². The normalized spacial score (nSPS) is 10.6. The molecule has 0 amide bonds. The van der Waals surface area contributed by atoms with E-state index in [1.54, 1.807) is 6.07 Å². The summed E-state index contributed by atoms with van der Waals surface area (Å²) < 4.78 is 2.33. The predicted molar refractivity (Wildman–Crippen MR) is 101 cm³/mol. The molecule has 1 aromatic heterocycles. The topological polar surface area (TPSA) is 52.0 Å². The SMILES string of the molecule is Cc1cc(CC(=O)Cc2ccc(Br)cc2)c(=O)n(-c2ccccc2)n1. The van der Waals surface area contributed by atoms with E-state index >= 15 is 0 Å². The van der Waals surface area contributed by atoms with Gasteiger partial charge in [0.1, 0.15) is 5.78 Å². The second-order valence-corrected chi connectivity index (χ2v) is 6.80. The molecule has 1 heterocycles. The smallest absolute Gasteiger partial charge is 0.275 e. The number of carbonyl (C=O) groups excluding carboxylic acids is 1. The molecule has 0 fully saturated rings.